The van der Waals surface area contributed by atoms with Crippen molar-refractivity contribution < 1.29 is 4.74 Å². The summed E-state index contributed by atoms with van der Waals surface area (Å²) in [6, 6.07) is 4.65. The number of hydrogen-bond acceptors (Lipinski definition) is 6. The summed E-state index contributed by atoms with van der Waals surface area (Å²) >= 11 is 0. The second kappa shape index (κ2) is 7.29. The van der Waals surface area contributed by atoms with E-state index in [0.29, 0.717) is 6.04 Å². The first kappa shape index (κ1) is 17.4. The van der Waals surface area contributed by atoms with E-state index >= 15 is 0 Å². The van der Waals surface area contributed by atoms with Crippen molar-refractivity contribution in [1.82, 2.24) is 19.9 Å². The van der Waals surface area contributed by atoms with Crippen molar-refractivity contribution in [3.05, 3.63) is 48.0 Å². The van der Waals surface area contributed by atoms with Crippen molar-refractivity contribution in [3.8, 4) is 0 Å². The predicted octanol–water partition coefficient (Wildman–Crippen LogP) is 2.44. The van der Waals surface area contributed by atoms with Gasteiger partial charge in [0.1, 0.15) is 0 Å². The second-order valence-electron chi connectivity index (χ2n) is 7.67. The number of ether oxygens (including phenoxy) is 1. The molecule has 1 unspecified atom stereocenters. The second-order valence-corrected chi connectivity index (χ2v) is 7.67. The van der Waals surface area contributed by atoms with Crippen molar-refractivity contribution in [1.29, 1.82) is 0 Å². The molecule has 2 aliphatic heterocycles. The first-order chi connectivity index (χ1) is 12.6. The minimum atomic E-state index is 0.0262. The molecule has 2 fully saturated rings. The molecule has 4 rings (SSSR count). The van der Waals surface area contributed by atoms with E-state index in [1.165, 1.54) is 5.56 Å². The Kier molecular flexibility index (Phi) is 4.87. The van der Waals surface area contributed by atoms with Crippen molar-refractivity contribution in [2.45, 2.75) is 44.4 Å². The van der Waals surface area contributed by atoms with Crippen LogP contribution in [0, 0.1) is 6.92 Å². The molecule has 0 N–H and O–H groups in total. The smallest absolute Gasteiger partial charge is 0.225 e. The molecule has 0 bridgehead atoms. The molecule has 26 heavy (non-hydrogen) atoms. The average molecular weight is 353 g/mol. The summed E-state index contributed by atoms with van der Waals surface area (Å²) in [6.45, 7) is 5.70. The van der Waals surface area contributed by atoms with Gasteiger partial charge in [0.25, 0.3) is 0 Å². The molecule has 4 heterocycles. The molecule has 0 saturated carbocycles. The molecule has 2 saturated heterocycles. The van der Waals surface area contributed by atoms with E-state index < -0.39 is 0 Å². The number of pyridine rings is 1. The monoisotopic (exact) mass is 353 g/mol. The number of piperidine rings is 1. The average Bonchev–Trinajstić information content (AvgIpc) is 3.08. The van der Waals surface area contributed by atoms with Gasteiger partial charge in [0.15, 0.2) is 0 Å². The lowest BCUT2D eigenvalue weighted by molar-refractivity contribution is -0.0159. The first-order valence-corrected chi connectivity index (χ1v) is 9.40. The Morgan fingerprint density at radius 2 is 1.88 bits per heavy atom. The van der Waals surface area contributed by atoms with Crippen molar-refractivity contribution in [2.24, 2.45) is 0 Å². The van der Waals surface area contributed by atoms with Crippen LogP contribution < -0.4 is 4.90 Å². The number of aromatic nitrogens is 3. The number of aryl methyl sites for hydroxylation is 1. The molecule has 6 heteroatoms. The van der Waals surface area contributed by atoms with E-state index in [0.717, 1.165) is 57.0 Å². The van der Waals surface area contributed by atoms with E-state index in [1.54, 1.807) is 0 Å². The third-order valence-corrected chi connectivity index (χ3v) is 5.72. The zero-order valence-electron chi connectivity index (χ0n) is 15.6. The van der Waals surface area contributed by atoms with E-state index in [4.69, 9.17) is 4.74 Å². The fourth-order valence-electron chi connectivity index (χ4n) is 4.02. The summed E-state index contributed by atoms with van der Waals surface area (Å²) < 4.78 is 6.33. The molecule has 1 atom stereocenters. The zero-order chi connectivity index (χ0) is 18.0. The molecule has 0 aliphatic carbocycles. The van der Waals surface area contributed by atoms with Gasteiger partial charge in [-0.25, -0.2) is 9.97 Å². The SMILES string of the molecule is Cc1cnc(N2CCC3(CC2)CC(N(C)Cc2ccncc2)CO3)nc1. The molecular formula is C20H27N5O. The van der Waals surface area contributed by atoms with Crippen LogP contribution in [0.2, 0.25) is 0 Å². The molecule has 6 nitrogen and oxygen atoms in total. The van der Waals surface area contributed by atoms with Gasteiger partial charge in [0.05, 0.1) is 12.2 Å². The van der Waals surface area contributed by atoms with Gasteiger partial charge in [-0.3, -0.25) is 9.88 Å². The highest BCUT2D eigenvalue weighted by Crippen LogP contribution is 2.38. The first-order valence-electron chi connectivity index (χ1n) is 9.40. The Balaban J connectivity index is 1.33. The third-order valence-electron chi connectivity index (χ3n) is 5.72. The lowest BCUT2D eigenvalue weighted by Gasteiger charge is -2.39. The topological polar surface area (TPSA) is 54.4 Å². The fourth-order valence-corrected chi connectivity index (χ4v) is 4.02. The minimum absolute atomic E-state index is 0.0262. The van der Waals surface area contributed by atoms with Gasteiger partial charge >= 0.3 is 0 Å². The lowest BCUT2D eigenvalue weighted by Crippen LogP contribution is -2.45. The van der Waals surface area contributed by atoms with Gasteiger partial charge in [-0.2, -0.15) is 0 Å². The van der Waals surface area contributed by atoms with Crippen LogP contribution in [0.3, 0.4) is 0 Å². The Labute approximate surface area is 155 Å². The van der Waals surface area contributed by atoms with Gasteiger partial charge in [0, 0.05) is 50.5 Å². The summed E-state index contributed by atoms with van der Waals surface area (Å²) in [4.78, 5) is 17.7. The number of rotatable bonds is 4. The Morgan fingerprint density at radius 1 is 1.19 bits per heavy atom. The minimum Gasteiger partial charge on any atom is -0.373 e. The molecule has 0 amide bonds. The Morgan fingerprint density at radius 3 is 2.58 bits per heavy atom. The number of nitrogens with zero attached hydrogens (tertiary/aromatic N) is 5. The zero-order valence-corrected chi connectivity index (χ0v) is 15.6. The molecule has 1 spiro atoms. The van der Waals surface area contributed by atoms with Crippen LogP contribution in [0.25, 0.3) is 0 Å². The lowest BCUT2D eigenvalue weighted by atomic mass is 9.87. The summed E-state index contributed by atoms with van der Waals surface area (Å²) in [7, 11) is 2.20. The maximum Gasteiger partial charge on any atom is 0.225 e. The van der Waals surface area contributed by atoms with E-state index in [-0.39, 0.29) is 5.60 Å². The third kappa shape index (κ3) is 3.71. The number of anilines is 1. The van der Waals surface area contributed by atoms with Crippen LogP contribution in [0.1, 0.15) is 30.4 Å². The molecular weight excluding hydrogens is 326 g/mol. The normalized spacial score (nSPS) is 22.3. The molecule has 2 aromatic rings. The van der Waals surface area contributed by atoms with E-state index in [2.05, 4.69) is 43.9 Å². The van der Waals surface area contributed by atoms with Crippen LogP contribution in [0.15, 0.2) is 36.9 Å². The van der Waals surface area contributed by atoms with Crippen LogP contribution in [0.5, 0.6) is 0 Å². The van der Waals surface area contributed by atoms with E-state index in [9.17, 15) is 0 Å². The number of likely N-dealkylation sites (N-methyl/N-ethyl adjacent to an activating group) is 1. The predicted molar refractivity (Wildman–Crippen MR) is 101 cm³/mol. The largest absolute Gasteiger partial charge is 0.373 e. The quantitative estimate of drug-likeness (QED) is 0.842. The Bertz CT molecular complexity index is 713. The Hall–Kier alpha value is -2.05. The van der Waals surface area contributed by atoms with Gasteiger partial charge in [-0.05, 0) is 56.5 Å². The summed E-state index contributed by atoms with van der Waals surface area (Å²) in [5, 5.41) is 0. The van der Waals surface area contributed by atoms with Crippen LogP contribution >= 0.6 is 0 Å². The maximum absolute atomic E-state index is 6.33. The van der Waals surface area contributed by atoms with E-state index in [1.807, 2.05) is 31.7 Å². The highest BCUT2D eigenvalue weighted by atomic mass is 16.5. The van der Waals surface area contributed by atoms with Crippen molar-refractivity contribution in [2.75, 3.05) is 31.6 Å². The fraction of sp³-hybridized carbons (Fsp3) is 0.550. The summed E-state index contributed by atoms with van der Waals surface area (Å²) in [5.74, 6) is 0.842. The highest BCUT2D eigenvalue weighted by Gasteiger charge is 2.44. The number of hydrogen-bond donors (Lipinski definition) is 0. The van der Waals surface area contributed by atoms with Gasteiger partial charge in [-0.15, -0.1) is 0 Å². The van der Waals surface area contributed by atoms with Gasteiger partial charge in [-0.1, -0.05) is 0 Å². The van der Waals surface area contributed by atoms with Crippen molar-refractivity contribution in [3.63, 3.8) is 0 Å². The summed E-state index contributed by atoms with van der Waals surface area (Å²) in [5.41, 5.74) is 2.43. The van der Waals surface area contributed by atoms with Crippen LogP contribution in [-0.4, -0.2) is 58.2 Å². The highest BCUT2D eigenvalue weighted by molar-refractivity contribution is 5.31. The molecule has 2 aliphatic rings. The summed E-state index contributed by atoms with van der Waals surface area (Å²) in [6.07, 6.45) is 10.7. The van der Waals surface area contributed by atoms with Gasteiger partial charge in [0.2, 0.25) is 5.95 Å². The van der Waals surface area contributed by atoms with Crippen LogP contribution in [-0.2, 0) is 11.3 Å². The molecule has 138 valence electrons. The molecule has 0 radical (unpaired) electrons. The molecule has 0 aromatic carbocycles. The standard InChI is InChI=1S/C20H27N5O/c1-16-12-22-19(23-13-16)25-9-5-20(6-10-25)11-18(15-26-20)24(2)14-17-3-7-21-8-4-17/h3-4,7-8,12-13,18H,5-6,9-11,14-15H2,1-2H3. The van der Waals surface area contributed by atoms with Gasteiger partial charge < -0.3 is 9.64 Å². The van der Waals surface area contributed by atoms with Crippen molar-refractivity contribution >= 4 is 5.95 Å². The molecule has 2 aromatic heterocycles. The van der Waals surface area contributed by atoms with Crippen LogP contribution in [0.4, 0.5) is 5.95 Å². The maximum atomic E-state index is 6.33.